The summed E-state index contributed by atoms with van der Waals surface area (Å²) in [6, 6.07) is 0.789. The van der Waals surface area contributed by atoms with Crippen LogP contribution in [0.1, 0.15) is 10.5 Å². The number of hydrogen-bond donors (Lipinski definition) is 3. The van der Waals surface area contributed by atoms with Gasteiger partial charge in [-0.25, -0.2) is 9.78 Å². The van der Waals surface area contributed by atoms with Crippen LogP contribution in [0, 0.1) is 0 Å². The minimum absolute atomic E-state index is 0.789. The number of aromatic hydroxyl groups is 1. The molecule has 0 fully saturated rings. The number of carbonyl (C=O) groups is 1. The van der Waals surface area contributed by atoms with E-state index in [0.29, 0.717) is 0 Å². The fraction of sp³-hybridized carbons (Fsp3) is 0. The summed E-state index contributed by atoms with van der Waals surface area (Å²) in [6.45, 7) is 0. The van der Waals surface area contributed by atoms with E-state index in [4.69, 9.17) is 14.8 Å². The highest BCUT2D eigenvalue weighted by Crippen LogP contribution is 2.24. The maximum atomic E-state index is 10.6. The summed E-state index contributed by atoms with van der Waals surface area (Å²) in [7, 11) is -4.64. The summed E-state index contributed by atoms with van der Waals surface area (Å²) in [4.78, 5) is 12.7. The van der Waals surface area contributed by atoms with Crippen molar-refractivity contribution >= 4 is 16.1 Å². The summed E-state index contributed by atoms with van der Waals surface area (Å²) >= 11 is 0. The second-order valence-corrected chi connectivity index (χ2v) is 3.68. The lowest BCUT2D eigenvalue weighted by Gasteiger charge is -2.02. The van der Waals surface area contributed by atoms with E-state index >= 15 is 0 Å². The Balaban J connectivity index is 3.51. The molecule has 1 aromatic heterocycles. The van der Waals surface area contributed by atoms with Gasteiger partial charge in [0.2, 0.25) is 0 Å². The molecule has 76 valence electrons. The van der Waals surface area contributed by atoms with Gasteiger partial charge in [-0.3, -0.25) is 4.55 Å². The third kappa shape index (κ3) is 1.80. The SMILES string of the molecule is O=C(O)c1nccc(S(=O)(=O)O)c1O. The molecule has 0 aliphatic rings. The topological polar surface area (TPSA) is 125 Å². The highest BCUT2D eigenvalue weighted by Gasteiger charge is 2.21. The van der Waals surface area contributed by atoms with Gasteiger partial charge in [-0.1, -0.05) is 0 Å². The van der Waals surface area contributed by atoms with Crippen molar-refractivity contribution in [2.45, 2.75) is 4.90 Å². The Bertz CT molecular complexity index is 479. The summed E-state index contributed by atoms with van der Waals surface area (Å²) in [6.07, 6.45) is 0.853. The lowest BCUT2D eigenvalue weighted by molar-refractivity contribution is 0.0686. The predicted octanol–water partition coefficient (Wildman–Crippen LogP) is -0.268. The van der Waals surface area contributed by atoms with Crippen molar-refractivity contribution in [2.24, 2.45) is 0 Å². The Morgan fingerprint density at radius 2 is 2.00 bits per heavy atom. The Labute approximate surface area is 78.4 Å². The minimum atomic E-state index is -4.64. The standard InChI is InChI=1S/C6H5NO6S/c8-5-3(14(11,12)13)1-2-7-4(5)6(9)10/h1-2,8H,(H,9,10)(H,11,12,13). The molecule has 7 nitrogen and oxygen atoms in total. The smallest absolute Gasteiger partial charge is 0.358 e. The van der Waals surface area contributed by atoms with Crippen molar-refractivity contribution in [1.29, 1.82) is 0 Å². The summed E-state index contributed by atoms with van der Waals surface area (Å²) < 4.78 is 29.8. The van der Waals surface area contributed by atoms with E-state index in [1.165, 1.54) is 0 Å². The molecule has 8 heteroatoms. The van der Waals surface area contributed by atoms with Gasteiger partial charge >= 0.3 is 5.97 Å². The molecule has 0 bridgehead atoms. The summed E-state index contributed by atoms with van der Waals surface area (Å²) in [5.74, 6) is -2.67. The highest BCUT2D eigenvalue weighted by atomic mass is 32.2. The average molecular weight is 219 g/mol. The molecule has 1 rings (SSSR count). The molecular weight excluding hydrogens is 214 g/mol. The predicted molar refractivity (Wildman–Crippen MR) is 42.7 cm³/mol. The van der Waals surface area contributed by atoms with Gasteiger partial charge in [0.05, 0.1) is 0 Å². The minimum Gasteiger partial charge on any atom is -0.504 e. The normalized spacial score (nSPS) is 11.2. The Hall–Kier alpha value is -1.67. The molecule has 1 aromatic rings. The van der Waals surface area contributed by atoms with Gasteiger partial charge in [0.1, 0.15) is 4.90 Å². The first-order valence-electron chi connectivity index (χ1n) is 3.23. The molecule has 0 unspecified atom stereocenters. The van der Waals surface area contributed by atoms with Crippen LogP contribution in [0.3, 0.4) is 0 Å². The quantitative estimate of drug-likeness (QED) is 0.584. The Morgan fingerprint density at radius 1 is 1.43 bits per heavy atom. The maximum Gasteiger partial charge on any atom is 0.358 e. The molecule has 0 aromatic carbocycles. The van der Waals surface area contributed by atoms with Crippen molar-refractivity contribution in [1.82, 2.24) is 4.98 Å². The second-order valence-electron chi connectivity index (χ2n) is 2.29. The molecule has 0 amide bonds. The highest BCUT2D eigenvalue weighted by molar-refractivity contribution is 7.86. The second kappa shape index (κ2) is 3.24. The number of hydrogen-bond acceptors (Lipinski definition) is 5. The number of carboxylic acid groups (broad SMARTS) is 1. The number of aromatic nitrogens is 1. The van der Waals surface area contributed by atoms with Crippen LogP contribution in [0.25, 0.3) is 0 Å². The van der Waals surface area contributed by atoms with Gasteiger partial charge in [0.15, 0.2) is 11.4 Å². The zero-order chi connectivity index (χ0) is 10.9. The van der Waals surface area contributed by atoms with Gasteiger partial charge in [-0.05, 0) is 6.07 Å². The van der Waals surface area contributed by atoms with E-state index in [-0.39, 0.29) is 0 Å². The lowest BCUT2D eigenvalue weighted by atomic mass is 10.3. The lowest BCUT2D eigenvalue weighted by Crippen LogP contribution is -2.05. The van der Waals surface area contributed by atoms with Crippen molar-refractivity contribution in [2.75, 3.05) is 0 Å². The van der Waals surface area contributed by atoms with Gasteiger partial charge in [0, 0.05) is 6.20 Å². The molecule has 3 N–H and O–H groups in total. The van der Waals surface area contributed by atoms with Crippen LogP contribution in [-0.2, 0) is 10.1 Å². The monoisotopic (exact) mass is 219 g/mol. The maximum absolute atomic E-state index is 10.6. The van der Waals surface area contributed by atoms with Crippen molar-refractivity contribution in [3.63, 3.8) is 0 Å². The molecule has 0 atom stereocenters. The molecule has 0 saturated heterocycles. The first-order valence-corrected chi connectivity index (χ1v) is 4.67. The molecule has 0 radical (unpaired) electrons. The number of rotatable bonds is 2. The summed E-state index contributed by atoms with van der Waals surface area (Å²) in [5.41, 5.74) is -0.833. The molecular formula is C6H5NO6S. The van der Waals surface area contributed by atoms with Crippen LogP contribution < -0.4 is 0 Å². The number of pyridine rings is 1. The number of nitrogens with zero attached hydrogens (tertiary/aromatic N) is 1. The summed E-state index contributed by atoms with van der Waals surface area (Å²) in [5, 5.41) is 17.6. The third-order valence-electron chi connectivity index (χ3n) is 1.37. The van der Waals surface area contributed by atoms with Crippen LogP contribution in [0.5, 0.6) is 5.75 Å². The first kappa shape index (κ1) is 10.4. The Morgan fingerprint density at radius 3 is 2.43 bits per heavy atom. The fourth-order valence-electron chi connectivity index (χ4n) is 0.801. The Kier molecular flexibility index (Phi) is 2.41. The van der Waals surface area contributed by atoms with Gasteiger partial charge in [-0.15, -0.1) is 0 Å². The van der Waals surface area contributed by atoms with Crippen LogP contribution >= 0.6 is 0 Å². The van der Waals surface area contributed by atoms with Crippen molar-refractivity contribution in [3.8, 4) is 5.75 Å². The molecule has 0 spiro atoms. The number of carboxylic acids is 1. The molecule has 14 heavy (non-hydrogen) atoms. The van der Waals surface area contributed by atoms with E-state index in [9.17, 15) is 13.2 Å². The van der Waals surface area contributed by atoms with E-state index in [2.05, 4.69) is 4.98 Å². The van der Waals surface area contributed by atoms with Gasteiger partial charge < -0.3 is 10.2 Å². The third-order valence-corrected chi connectivity index (χ3v) is 2.25. The van der Waals surface area contributed by atoms with Gasteiger partial charge in [0.25, 0.3) is 10.1 Å². The van der Waals surface area contributed by atoms with Crippen molar-refractivity contribution in [3.05, 3.63) is 18.0 Å². The van der Waals surface area contributed by atoms with E-state index in [1.54, 1.807) is 0 Å². The average Bonchev–Trinajstić information content (AvgIpc) is 2.01. The van der Waals surface area contributed by atoms with Gasteiger partial charge in [-0.2, -0.15) is 8.42 Å². The molecule has 0 aliphatic carbocycles. The van der Waals surface area contributed by atoms with Crippen LogP contribution in [0.2, 0.25) is 0 Å². The fourth-order valence-corrected chi connectivity index (χ4v) is 1.37. The molecule has 1 heterocycles. The first-order chi connectivity index (χ1) is 6.34. The number of aromatic carboxylic acids is 1. The van der Waals surface area contributed by atoms with E-state index in [1.807, 2.05) is 0 Å². The molecule has 0 saturated carbocycles. The van der Waals surface area contributed by atoms with Crippen LogP contribution in [-0.4, -0.2) is 34.1 Å². The zero-order valence-electron chi connectivity index (χ0n) is 6.58. The van der Waals surface area contributed by atoms with E-state index in [0.717, 1.165) is 12.3 Å². The van der Waals surface area contributed by atoms with E-state index < -0.39 is 32.4 Å². The largest absolute Gasteiger partial charge is 0.504 e. The molecule has 0 aliphatic heterocycles. The zero-order valence-corrected chi connectivity index (χ0v) is 7.39. The van der Waals surface area contributed by atoms with Crippen LogP contribution in [0.4, 0.5) is 0 Å². The van der Waals surface area contributed by atoms with Crippen molar-refractivity contribution < 1.29 is 28.0 Å². The van der Waals surface area contributed by atoms with Crippen LogP contribution in [0.15, 0.2) is 17.2 Å².